The van der Waals surface area contributed by atoms with Gasteiger partial charge in [0, 0.05) is 39.8 Å². The first kappa shape index (κ1) is 21.7. The summed E-state index contributed by atoms with van der Waals surface area (Å²) in [5, 5.41) is 5.35. The van der Waals surface area contributed by atoms with Gasteiger partial charge in [0.05, 0.1) is 26.3 Å². The number of esters is 1. The summed E-state index contributed by atoms with van der Waals surface area (Å²) in [6, 6.07) is 10.5. The molecule has 0 fully saturated rings. The van der Waals surface area contributed by atoms with Crippen LogP contribution in [-0.4, -0.2) is 35.0 Å². The summed E-state index contributed by atoms with van der Waals surface area (Å²) in [4.78, 5) is 16.6. The summed E-state index contributed by atoms with van der Waals surface area (Å²) in [6.07, 6.45) is 1.59. The van der Waals surface area contributed by atoms with Crippen LogP contribution in [0.25, 0.3) is 10.9 Å². The largest absolute Gasteiger partial charge is 0.480 e. The fourth-order valence-corrected chi connectivity index (χ4v) is 3.78. The number of halogens is 3. The van der Waals surface area contributed by atoms with Gasteiger partial charge in [-0.15, -0.1) is 0 Å². The van der Waals surface area contributed by atoms with Gasteiger partial charge >= 0.3 is 5.97 Å². The predicted molar refractivity (Wildman–Crippen MR) is 115 cm³/mol. The lowest BCUT2D eigenvalue weighted by Gasteiger charge is -2.13. The third-order valence-electron chi connectivity index (χ3n) is 5.07. The zero-order valence-electron chi connectivity index (χ0n) is 17.2. The Hall–Kier alpha value is -3.52. The van der Waals surface area contributed by atoms with Crippen LogP contribution < -0.4 is 4.74 Å². The molecule has 0 unspecified atom stereocenters. The number of aromatic nitrogens is 3. The fraction of sp³-hybridized carbons (Fsp3) is 0.174. The first-order valence-corrected chi connectivity index (χ1v) is 9.98. The van der Waals surface area contributed by atoms with E-state index in [1.165, 1.54) is 32.4 Å². The van der Waals surface area contributed by atoms with Crippen LogP contribution in [0.3, 0.4) is 0 Å². The average molecular weight is 458 g/mol. The van der Waals surface area contributed by atoms with Crippen molar-refractivity contribution in [3.05, 3.63) is 87.7 Å². The van der Waals surface area contributed by atoms with Crippen molar-refractivity contribution in [2.24, 2.45) is 0 Å². The first-order valence-electron chi connectivity index (χ1n) is 9.60. The number of carbonyl (C=O) groups excluding carboxylic acids is 1. The minimum atomic E-state index is -0.618. The first-order chi connectivity index (χ1) is 15.4. The maximum Gasteiger partial charge on any atom is 0.343 e. The van der Waals surface area contributed by atoms with Crippen molar-refractivity contribution >= 4 is 28.5 Å². The van der Waals surface area contributed by atoms with Gasteiger partial charge in [-0.2, -0.15) is 5.10 Å². The molecule has 0 saturated heterocycles. The highest BCUT2D eigenvalue weighted by atomic mass is 35.5. The lowest BCUT2D eigenvalue weighted by Crippen LogP contribution is -2.10. The third kappa shape index (κ3) is 4.13. The summed E-state index contributed by atoms with van der Waals surface area (Å²) in [7, 11) is 2.68. The molecule has 0 saturated carbocycles. The lowest BCUT2D eigenvalue weighted by molar-refractivity contribution is 0.0596. The molecule has 0 N–H and O–H groups in total. The molecule has 2 heterocycles. The lowest BCUT2D eigenvalue weighted by atomic mass is 10.1. The van der Waals surface area contributed by atoms with Crippen LogP contribution in [-0.2, 0) is 17.7 Å². The van der Waals surface area contributed by atoms with Crippen molar-refractivity contribution < 1.29 is 23.0 Å². The Morgan fingerprint density at radius 2 is 1.88 bits per heavy atom. The van der Waals surface area contributed by atoms with Gasteiger partial charge in [-0.3, -0.25) is 4.68 Å². The van der Waals surface area contributed by atoms with Crippen molar-refractivity contribution in [3.63, 3.8) is 0 Å². The van der Waals surface area contributed by atoms with Crippen molar-refractivity contribution in [1.82, 2.24) is 14.8 Å². The van der Waals surface area contributed by atoms with Crippen LogP contribution in [0.2, 0.25) is 5.02 Å². The molecule has 0 radical (unpaired) electrons. The topological polar surface area (TPSA) is 66.2 Å². The van der Waals surface area contributed by atoms with Gasteiger partial charge in [0.15, 0.2) is 0 Å². The zero-order valence-corrected chi connectivity index (χ0v) is 18.0. The number of benzene rings is 2. The summed E-state index contributed by atoms with van der Waals surface area (Å²) >= 11 is 6.31. The molecule has 6 nitrogen and oxygen atoms in total. The third-order valence-corrected chi connectivity index (χ3v) is 5.29. The molecule has 2 aromatic carbocycles. The molecule has 164 valence electrons. The van der Waals surface area contributed by atoms with Gasteiger partial charge in [-0.25, -0.2) is 18.6 Å². The average Bonchev–Trinajstić information content (AvgIpc) is 3.21. The van der Waals surface area contributed by atoms with E-state index >= 15 is 0 Å². The van der Waals surface area contributed by atoms with E-state index in [4.69, 9.17) is 21.1 Å². The number of fused-ring (bicyclic) bond motifs is 1. The molecule has 32 heavy (non-hydrogen) atoms. The number of hydrogen-bond donors (Lipinski definition) is 0. The number of hydrogen-bond acceptors (Lipinski definition) is 5. The minimum Gasteiger partial charge on any atom is -0.480 e. The standard InChI is InChI=1S/C23H18ClF2N3O3/c1-31-22-18(23(30)32-2)10-13-8-15(24)9-14(21(13)28-22)12-29-16(6-7-27-29)11-17-19(25)4-3-5-20(17)26/h3-10H,11-12H2,1-2H3. The highest BCUT2D eigenvalue weighted by Crippen LogP contribution is 2.29. The van der Waals surface area contributed by atoms with E-state index in [2.05, 4.69) is 10.1 Å². The van der Waals surface area contributed by atoms with E-state index in [1.54, 1.807) is 35.1 Å². The van der Waals surface area contributed by atoms with E-state index in [0.29, 0.717) is 27.2 Å². The smallest absolute Gasteiger partial charge is 0.343 e. The van der Waals surface area contributed by atoms with Crippen LogP contribution in [0.4, 0.5) is 8.78 Å². The SMILES string of the molecule is COC(=O)c1cc2cc(Cl)cc(Cn3nccc3Cc3c(F)cccc3F)c2nc1OC. The summed E-state index contributed by atoms with van der Waals surface area (Å²) in [5.41, 5.74) is 2.00. The Kier molecular flexibility index (Phi) is 6.05. The molecular weight excluding hydrogens is 440 g/mol. The summed E-state index contributed by atoms with van der Waals surface area (Å²) in [5.74, 6) is -1.71. The molecular formula is C23H18ClF2N3O3. The number of pyridine rings is 1. The van der Waals surface area contributed by atoms with Gasteiger partial charge in [0.2, 0.25) is 5.88 Å². The zero-order chi connectivity index (χ0) is 22.8. The fourth-order valence-electron chi connectivity index (χ4n) is 3.53. The second kappa shape index (κ2) is 8.92. The number of rotatable bonds is 6. The van der Waals surface area contributed by atoms with Crippen molar-refractivity contribution in [3.8, 4) is 5.88 Å². The number of methoxy groups -OCH3 is 2. The maximum atomic E-state index is 14.1. The number of carbonyl (C=O) groups is 1. The number of nitrogens with zero attached hydrogens (tertiary/aromatic N) is 3. The van der Waals surface area contributed by atoms with Crippen LogP contribution in [0.1, 0.15) is 27.2 Å². The van der Waals surface area contributed by atoms with Gasteiger partial charge in [0.1, 0.15) is 17.2 Å². The Morgan fingerprint density at radius 3 is 2.56 bits per heavy atom. The Bertz CT molecular complexity index is 1300. The van der Waals surface area contributed by atoms with E-state index < -0.39 is 17.6 Å². The Morgan fingerprint density at radius 1 is 1.12 bits per heavy atom. The summed E-state index contributed by atoms with van der Waals surface area (Å²) in [6.45, 7) is 0.239. The molecule has 9 heteroatoms. The van der Waals surface area contributed by atoms with Crippen molar-refractivity contribution in [2.75, 3.05) is 14.2 Å². The Balaban J connectivity index is 1.76. The van der Waals surface area contributed by atoms with Crippen LogP contribution >= 0.6 is 11.6 Å². The predicted octanol–water partition coefficient (Wildman–Crippen LogP) is 4.80. The van der Waals surface area contributed by atoms with E-state index in [0.717, 1.165) is 0 Å². The van der Waals surface area contributed by atoms with Gasteiger partial charge in [0.25, 0.3) is 0 Å². The van der Waals surface area contributed by atoms with Crippen LogP contribution in [0.5, 0.6) is 5.88 Å². The second-order valence-corrected chi connectivity index (χ2v) is 7.47. The molecule has 0 spiro atoms. The van der Waals surface area contributed by atoms with Crippen molar-refractivity contribution in [1.29, 1.82) is 0 Å². The summed E-state index contributed by atoms with van der Waals surface area (Å²) < 4.78 is 40.0. The minimum absolute atomic E-state index is 0.0280. The van der Waals surface area contributed by atoms with E-state index in [-0.39, 0.29) is 30.0 Å². The Labute approximate surface area is 187 Å². The van der Waals surface area contributed by atoms with E-state index in [1.807, 2.05) is 0 Å². The molecule has 0 aliphatic carbocycles. The highest BCUT2D eigenvalue weighted by molar-refractivity contribution is 6.31. The molecule has 4 aromatic rings. The molecule has 0 atom stereocenters. The molecule has 2 aromatic heterocycles. The quantitative estimate of drug-likeness (QED) is 0.389. The molecule has 0 bridgehead atoms. The van der Waals surface area contributed by atoms with Crippen LogP contribution in [0.15, 0.2) is 48.7 Å². The van der Waals surface area contributed by atoms with Gasteiger partial charge < -0.3 is 9.47 Å². The van der Waals surface area contributed by atoms with Crippen molar-refractivity contribution in [2.45, 2.75) is 13.0 Å². The monoisotopic (exact) mass is 457 g/mol. The molecule has 0 amide bonds. The second-order valence-electron chi connectivity index (χ2n) is 7.03. The van der Waals surface area contributed by atoms with Gasteiger partial charge in [-0.05, 0) is 36.4 Å². The molecule has 0 aliphatic rings. The molecule has 0 aliphatic heterocycles. The normalized spacial score (nSPS) is 11.0. The molecule has 4 rings (SSSR count). The number of ether oxygens (including phenoxy) is 2. The van der Waals surface area contributed by atoms with Gasteiger partial charge in [-0.1, -0.05) is 17.7 Å². The van der Waals surface area contributed by atoms with Crippen LogP contribution in [0, 0.1) is 11.6 Å². The maximum absolute atomic E-state index is 14.1. The highest BCUT2D eigenvalue weighted by Gasteiger charge is 2.19. The van der Waals surface area contributed by atoms with E-state index in [9.17, 15) is 13.6 Å².